The minimum absolute atomic E-state index is 0.0673. The van der Waals surface area contributed by atoms with E-state index < -0.39 is 5.82 Å². The van der Waals surface area contributed by atoms with Crippen LogP contribution in [0.1, 0.15) is 11.4 Å². The normalized spacial score (nSPS) is 10.6. The Kier molecular flexibility index (Phi) is 4.48. The Balaban J connectivity index is 1.90. The van der Waals surface area contributed by atoms with Crippen LogP contribution in [0.15, 0.2) is 54.9 Å². The maximum absolute atomic E-state index is 14.1. The van der Waals surface area contributed by atoms with Gasteiger partial charge in [-0.05, 0) is 30.3 Å². The molecule has 6 heteroatoms. The summed E-state index contributed by atoms with van der Waals surface area (Å²) in [6.45, 7) is 0. The van der Waals surface area contributed by atoms with E-state index in [0.717, 1.165) is 0 Å². The van der Waals surface area contributed by atoms with E-state index >= 15 is 0 Å². The van der Waals surface area contributed by atoms with Crippen molar-refractivity contribution in [1.82, 2.24) is 9.97 Å². The van der Waals surface area contributed by atoms with E-state index in [1.54, 1.807) is 12.1 Å². The first kappa shape index (κ1) is 15.4. The Morgan fingerprint density at radius 1 is 0.957 bits per heavy atom. The molecule has 0 saturated heterocycles. The summed E-state index contributed by atoms with van der Waals surface area (Å²) in [6, 6.07) is 9.97. The average molecular weight is 333 g/mol. The van der Waals surface area contributed by atoms with Gasteiger partial charge in [-0.1, -0.05) is 23.7 Å². The molecule has 0 aliphatic carbocycles. The largest absolute Gasteiger partial charge is 0.454 e. The highest BCUT2D eigenvalue weighted by Crippen LogP contribution is 2.29. The summed E-state index contributed by atoms with van der Waals surface area (Å²) in [5.41, 5.74) is 0.580. The topological polar surface area (TPSA) is 35.0 Å². The summed E-state index contributed by atoms with van der Waals surface area (Å²) in [5, 5.41) is 0.427. The summed E-state index contributed by atoms with van der Waals surface area (Å²) >= 11 is 5.75. The molecule has 116 valence electrons. The lowest BCUT2D eigenvalue weighted by Crippen LogP contribution is -2.00. The molecule has 0 aliphatic heterocycles. The molecule has 3 rings (SSSR count). The van der Waals surface area contributed by atoms with Gasteiger partial charge in [0.25, 0.3) is 0 Å². The number of ether oxygens (including phenoxy) is 1. The maximum atomic E-state index is 14.1. The fraction of sp³-hybridized carbons (Fsp3) is 0.0588. The van der Waals surface area contributed by atoms with Crippen molar-refractivity contribution in [1.29, 1.82) is 0 Å². The van der Waals surface area contributed by atoms with Crippen LogP contribution in [0.25, 0.3) is 0 Å². The van der Waals surface area contributed by atoms with Crippen molar-refractivity contribution in [2.45, 2.75) is 6.42 Å². The van der Waals surface area contributed by atoms with E-state index in [1.807, 2.05) is 0 Å². The molecule has 0 unspecified atom stereocenters. The Labute approximate surface area is 136 Å². The summed E-state index contributed by atoms with van der Waals surface area (Å²) in [6.07, 6.45) is 3.23. The third kappa shape index (κ3) is 3.81. The number of hydrogen-bond acceptors (Lipinski definition) is 3. The lowest BCUT2D eigenvalue weighted by atomic mass is 10.1. The van der Waals surface area contributed by atoms with Crippen LogP contribution in [-0.2, 0) is 6.42 Å². The van der Waals surface area contributed by atoms with E-state index in [2.05, 4.69) is 9.97 Å². The van der Waals surface area contributed by atoms with Crippen molar-refractivity contribution >= 4 is 11.6 Å². The minimum Gasteiger partial charge on any atom is -0.454 e. The van der Waals surface area contributed by atoms with Gasteiger partial charge in [-0.25, -0.2) is 18.7 Å². The summed E-state index contributed by atoms with van der Waals surface area (Å²) in [5.74, 6) is -0.00199. The molecule has 0 bridgehead atoms. The van der Waals surface area contributed by atoms with Gasteiger partial charge >= 0.3 is 0 Å². The fourth-order valence-electron chi connectivity index (χ4n) is 2.03. The van der Waals surface area contributed by atoms with E-state index in [9.17, 15) is 8.78 Å². The molecule has 0 aliphatic rings. The van der Waals surface area contributed by atoms with Gasteiger partial charge in [0.2, 0.25) is 0 Å². The van der Waals surface area contributed by atoms with Crippen LogP contribution >= 0.6 is 11.6 Å². The van der Waals surface area contributed by atoms with E-state index in [1.165, 1.54) is 42.7 Å². The summed E-state index contributed by atoms with van der Waals surface area (Å²) in [7, 11) is 0. The second kappa shape index (κ2) is 6.71. The number of hydrogen-bond donors (Lipinski definition) is 0. The number of benzene rings is 2. The molecular formula is C17H11ClF2N2O. The van der Waals surface area contributed by atoms with Crippen molar-refractivity contribution in [2.75, 3.05) is 0 Å². The average Bonchev–Trinajstić information content (AvgIpc) is 2.55. The highest BCUT2D eigenvalue weighted by atomic mass is 35.5. The van der Waals surface area contributed by atoms with Crippen LogP contribution in [0.3, 0.4) is 0 Å². The standard InChI is InChI=1S/C17H11ClF2N2O/c18-12-9-21-16(22-10-12)8-11-2-1-3-15(20)17(11)23-14-6-4-13(19)5-7-14/h1-7,9-10H,8H2. The van der Waals surface area contributed by atoms with Crippen LogP contribution in [0, 0.1) is 11.6 Å². The maximum Gasteiger partial charge on any atom is 0.166 e. The van der Waals surface area contributed by atoms with Crippen LogP contribution < -0.4 is 4.74 Å². The molecule has 0 fully saturated rings. The molecule has 0 saturated carbocycles. The van der Waals surface area contributed by atoms with Gasteiger partial charge in [0.05, 0.1) is 5.02 Å². The SMILES string of the molecule is Fc1ccc(Oc2c(F)cccc2Cc2ncc(Cl)cn2)cc1. The third-order valence-corrected chi connectivity index (χ3v) is 3.30. The van der Waals surface area contributed by atoms with E-state index in [4.69, 9.17) is 16.3 Å². The zero-order chi connectivity index (χ0) is 16.2. The molecule has 3 aromatic rings. The highest BCUT2D eigenvalue weighted by molar-refractivity contribution is 6.30. The first-order valence-corrected chi connectivity index (χ1v) is 7.17. The van der Waals surface area contributed by atoms with Gasteiger partial charge in [0.1, 0.15) is 17.4 Å². The number of aromatic nitrogens is 2. The predicted molar refractivity (Wildman–Crippen MR) is 82.7 cm³/mol. The van der Waals surface area contributed by atoms with Crippen LogP contribution in [-0.4, -0.2) is 9.97 Å². The van der Waals surface area contributed by atoms with Crippen LogP contribution in [0.2, 0.25) is 5.02 Å². The van der Waals surface area contributed by atoms with Gasteiger partial charge in [-0.15, -0.1) is 0 Å². The molecule has 0 radical (unpaired) electrons. The molecule has 3 nitrogen and oxygen atoms in total. The second-order valence-electron chi connectivity index (χ2n) is 4.78. The van der Waals surface area contributed by atoms with E-state index in [0.29, 0.717) is 22.2 Å². The minimum atomic E-state index is -0.513. The lowest BCUT2D eigenvalue weighted by Gasteiger charge is -2.11. The Morgan fingerprint density at radius 2 is 1.65 bits per heavy atom. The lowest BCUT2D eigenvalue weighted by molar-refractivity contribution is 0.436. The molecule has 1 heterocycles. The van der Waals surface area contributed by atoms with Crippen molar-refractivity contribution < 1.29 is 13.5 Å². The molecule has 0 atom stereocenters. The molecule has 0 N–H and O–H groups in total. The quantitative estimate of drug-likeness (QED) is 0.689. The summed E-state index contributed by atoms with van der Waals surface area (Å²) in [4.78, 5) is 8.18. The van der Waals surface area contributed by atoms with Gasteiger partial charge < -0.3 is 4.74 Å². The first-order chi connectivity index (χ1) is 11.1. The second-order valence-corrected chi connectivity index (χ2v) is 5.21. The molecule has 1 aromatic heterocycles. The van der Waals surface area contributed by atoms with Gasteiger partial charge in [-0.3, -0.25) is 0 Å². The predicted octanol–water partition coefficient (Wildman–Crippen LogP) is 4.79. The van der Waals surface area contributed by atoms with Crippen LogP contribution in [0.4, 0.5) is 8.78 Å². The molecule has 0 amide bonds. The van der Waals surface area contributed by atoms with Gasteiger partial charge in [0, 0.05) is 24.4 Å². The molecule has 2 aromatic carbocycles. The number of para-hydroxylation sites is 1. The van der Waals surface area contributed by atoms with Crippen molar-refractivity contribution in [3.05, 3.63) is 82.9 Å². The van der Waals surface area contributed by atoms with Gasteiger partial charge in [-0.2, -0.15) is 0 Å². The summed E-state index contributed by atoms with van der Waals surface area (Å²) < 4.78 is 32.6. The Bertz CT molecular complexity index is 808. The molecule has 0 spiro atoms. The zero-order valence-corrected chi connectivity index (χ0v) is 12.6. The molecule has 23 heavy (non-hydrogen) atoms. The van der Waals surface area contributed by atoms with Crippen LogP contribution in [0.5, 0.6) is 11.5 Å². The number of rotatable bonds is 4. The highest BCUT2D eigenvalue weighted by Gasteiger charge is 2.13. The smallest absolute Gasteiger partial charge is 0.166 e. The monoisotopic (exact) mass is 332 g/mol. The van der Waals surface area contributed by atoms with Crippen molar-refractivity contribution in [3.8, 4) is 11.5 Å². The Morgan fingerprint density at radius 3 is 2.35 bits per heavy atom. The molecular weight excluding hydrogens is 322 g/mol. The number of nitrogens with zero attached hydrogens (tertiary/aromatic N) is 2. The zero-order valence-electron chi connectivity index (χ0n) is 11.8. The Hall–Kier alpha value is -2.53. The van der Waals surface area contributed by atoms with E-state index in [-0.39, 0.29) is 18.0 Å². The number of halogens is 3. The van der Waals surface area contributed by atoms with Gasteiger partial charge in [0.15, 0.2) is 11.6 Å². The van der Waals surface area contributed by atoms with Crippen molar-refractivity contribution in [3.63, 3.8) is 0 Å². The third-order valence-electron chi connectivity index (χ3n) is 3.10. The van der Waals surface area contributed by atoms with Crippen molar-refractivity contribution in [2.24, 2.45) is 0 Å². The first-order valence-electron chi connectivity index (χ1n) is 6.79. The fourth-order valence-corrected chi connectivity index (χ4v) is 2.13.